The Morgan fingerprint density at radius 3 is 2.54 bits per heavy atom. The molecule has 2 aromatic rings. The molecule has 2 rings (SSSR count). The molecule has 0 aromatic heterocycles. The van der Waals surface area contributed by atoms with Gasteiger partial charge in [0.2, 0.25) is 0 Å². The molecule has 1 amide bonds. The largest absolute Gasteiger partial charge is 0.507 e. The lowest BCUT2D eigenvalue weighted by Crippen LogP contribution is -2.30. The molecule has 138 valence electrons. The lowest BCUT2D eigenvalue weighted by Gasteiger charge is -2.10. The van der Waals surface area contributed by atoms with E-state index in [2.05, 4.69) is 5.32 Å². The molecule has 0 unspecified atom stereocenters. The van der Waals surface area contributed by atoms with E-state index < -0.39 is 18.5 Å². The molecule has 0 spiro atoms. The Labute approximate surface area is 151 Å². The molecule has 7 nitrogen and oxygen atoms in total. The first-order valence-electron chi connectivity index (χ1n) is 7.98. The Kier molecular flexibility index (Phi) is 6.84. The normalized spacial score (nSPS) is 10.1. The van der Waals surface area contributed by atoms with Gasteiger partial charge in [-0.05, 0) is 30.2 Å². The summed E-state index contributed by atoms with van der Waals surface area (Å²) in [5, 5.41) is 12.4. The first kappa shape index (κ1) is 19.1. The van der Waals surface area contributed by atoms with Gasteiger partial charge in [0, 0.05) is 12.6 Å². The van der Waals surface area contributed by atoms with Crippen LogP contribution in [0.25, 0.3) is 0 Å². The minimum absolute atomic E-state index is 0.0346. The molecule has 0 aliphatic heterocycles. The van der Waals surface area contributed by atoms with Gasteiger partial charge in [-0.25, -0.2) is 4.79 Å². The molecule has 7 heteroatoms. The summed E-state index contributed by atoms with van der Waals surface area (Å²) < 4.78 is 15.1. The standard InChI is InChI=1S/C19H21NO6/c1-24-14-7-8-15(16(21)11-14)19(23)26-12-18(22)20-10-9-13-5-3-4-6-17(13)25-2/h3-8,11,21H,9-10,12H2,1-2H3,(H,20,22). The summed E-state index contributed by atoms with van der Waals surface area (Å²) in [6, 6.07) is 11.7. The average molecular weight is 359 g/mol. The van der Waals surface area contributed by atoms with Crippen LogP contribution in [-0.2, 0) is 16.0 Å². The zero-order valence-corrected chi connectivity index (χ0v) is 14.7. The number of hydrogen-bond donors (Lipinski definition) is 2. The number of para-hydroxylation sites is 1. The maximum Gasteiger partial charge on any atom is 0.342 e. The summed E-state index contributed by atoms with van der Waals surface area (Å²) >= 11 is 0. The number of hydrogen-bond acceptors (Lipinski definition) is 6. The molecular formula is C19H21NO6. The number of nitrogens with one attached hydrogen (secondary N) is 1. The third-order valence-electron chi connectivity index (χ3n) is 3.67. The molecule has 0 bridgehead atoms. The van der Waals surface area contributed by atoms with Crippen molar-refractivity contribution < 1.29 is 28.9 Å². The third-order valence-corrected chi connectivity index (χ3v) is 3.67. The van der Waals surface area contributed by atoms with Crippen molar-refractivity contribution in [2.24, 2.45) is 0 Å². The maximum atomic E-state index is 11.9. The number of phenolic OH excluding ortho intramolecular Hbond substituents is 1. The summed E-state index contributed by atoms with van der Waals surface area (Å²) in [5.74, 6) is -0.325. The highest BCUT2D eigenvalue weighted by molar-refractivity contribution is 5.94. The Bertz CT molecular complexity index is 774. The highest BCUT2D eigenvalue weighted by atomic mass is 16.5. The van der Waals surface area contributed by atoms with Crippen molar-refractivity contribution in [2.75, 3.05) is 27.4 Å². The highest BCUT2D eigenvalue weighted by Gasteiger charge is 2.15. The lowest BCUT2D eigenvalue weighted by atomic mass is 10.1. The summed E-state index contributed by atoms with van der Waals surface area (Å²) in [6.07, 6.45) is 0.586. The van der Waals surface area contributed by atoms with Crippen LogP contribution in [0.5, 0.6) is 17.2 Å². The lowest BCUT2D eigenvalue weighted by molar-refractivity contribution is -0.124. The van der Waals surface area contributed by atoms with E-state index in [1.165, 1.54) is 25.3 Å². The first-order valence-corrected chi connectivity index (χ1v) is 7.98. The zero-order valence-electron chi connectivity index (χ0n) is 14.7. The molecule has 0 fully saturated rings. The van der Waals surface area contributed by atoms with Gasteiger partial charge in [0.05, 0.1) is 14.2 Å². The van der Waals surface area contributed by atoms with Gasteiger partial charge in [-0.1, -0.05) is 18.2 Å². The number of amides is 1. The molecule has 0 atom stereocenters. The van der Waals surface area contributed by atoms with Gasteiger partial charge >= 0.3 is 5.97 Å². The molecule has 2 aromatic carbocycles. The topological polar surface area (TPSA) is 94.1 Å². The quantitative estimate of drug-likeness (QED) is 0.700. The SMILES string of the molecule is COc1ccc(C(=O)OCC(=O)NCCc2ccccc2OC)c(O)c1. The fourth-order valence-corrected chi connectivity index (χ4v) is 2.32. The second kappa shape index (κ2) is 9.31. The smallest absolute Gasteiger partial charge is 0.342 e. The molecule has 26 heavy (non-hydrogen) atoms. The summed E-state index contributed by atoms with van der Waals surface area (Å²) in [7, 11) is 3.04. The van der Waals surface area contributed by atoms with Gasteiger partial charge < -0.3 is 24.6 Å². The molecule has 0 radical (unpaired) electrons. The molecule has 0 saturated carbocycles. The third kappa shape index (κ3) is 5.14. The predicted octanol–water partition coefficient (Wildman–Crippen LogP) is 1.93. The van der Waals surface area contributed by atoms with Crippen molar-refractivity contribution in [1.82, 2.24) is 5.32 Å². The number of benzene rings is 2. The van der Waals surface area contributed by atoms with Crippen molar-refractivity contribution in [3.8, 4) is 17.2 Å². The zero-order chi connectivity index (χ0) is 18.9. The predicted molar refractivity (Wildman–Crippen MR) is 94.6 cm³/mol. The van der Waals surface area contributed by atoms with Crippen LogP contribution in [0.15, 0.2) is 42.5 Å². The van der Waals surface area contributed by atoms with Crippen LogP contribution < -0.4 is 14.8 Å². The molecule has 0 aliphatic carbocycles. The molecule has 2 N–H and O–H groups in total. The van der Waals surface area contributed by atoms with Gasteiger partial charge in [0.25, 0.3) is 5.91 Å². The monoisotopic (exact) mass is 359 g/mol. The van der Waals surface area contributed by atoms with Gasteiger partial charge in [0.1, 0.15) is 22.8 Å². The Hall–Kier alpha value is -3.22. The fourth-order valence-electron chi connectivity index (χ4n) is 2.32. The maximum absolute atomic E-state index is 11.9. The van der Waals surface area contributed by atoms with Crippen LogP contribution >= 0.6 is 0 Å². The van der Waals surface area contributed by atoms with Crippen molar-refractivity contribution in [3.63, 3.8) is 0 Å². The van der Waals surface area contributed by atoms with Crippen LogP contribution in [0.1, 0.15) is 15.9 Å². The van der Waals surface area contributed by atoms with E-state index in [1.54, 1.807) is 7.11 Å². The van der Waals surface area contributed by atoms with E-state index in [0.29, 0.717) is 18.7 Å². The number of phenols is 1. The molecule has 0 aliphatic rings. The average Bonchev–Trinajstić information content (AvgIpc) is 2.66. The summed E-state index contributed by atoms with van der Waals surface area (Å²) in [6.45, 7) is -0.0548. The van der Waals surface area contributed by atoms with Crippen molar-refractivity contribution in [2.45, 2.75) is 6.42 Å². The van der Waals surface area contributed by atoms with Gasteiger partial charge in [-0.2, -0.15) is 0 Å². The van der Waals surface area contributed by atoms with Crippen LogP contribution in [0.2, 0.25) is 0 Å². The van der Waals surface area contributed by atoms with Crippen LogP contribution in [0.4, 0.5) is 0 Å². The highest BCUT2D eigenvalue weighted by Crippen LogP contribution is 2.23. The minimum Gasteiger partial charge on any atom is -0.507 e. The fraction of sp³-hybridized carbons (Fsp3) is 0.263. The van der Waals surface area contributed by atoms with Crippen LogP contribution in [0, 0.1) is 0 Å². The summed E-state index contributed by atoms with van der Waals surface area (Å²) in [4.78, 5) is 23.7. The number of ether oxygens (including phenoxy) is 3. The number of aromatic hydroxyl groups is 1. The number of carbonyl (C=O) groups is 2. The van der Waals surface area contributed by atoms with E-state index in [4.69, 9.17) is 14.2 Å². The number of esters is 1. The van der Waals surface area contributed by atoms with Gasteiger partial charge in [-0.15, -0.1) is 0 Å². The van der Waals surface area contributed by atoms with Crippen molar-refractivity contribution >= 4 is 11.9 Å². The molecular weight excluding hydrogens is 338 g/mol. The second-order valence-electron chi connectivity index (χ2n) is 5.37. The Morgan fingerprint density at radius 1 is 1.08 bits per heavy atom. The van der Waals surface area contributed by atoms with Crippen molar-refractivity contribution in [1.29, 1.82) is 0 Å². The van der Waals surface area contributed by atoms with E-state index in [1.807, 2.05) is 24.3 Å². The Morgan fingerprint density at radius 2 is 1.85 bits per heavy atom. The summed E-state index contributed by atoms with van der Waals surface area (Å²) in [5.41, 5.74) is 0.933. The number of carbonyl (C=O) groups excluding carboxylic acids is 2. The molecule has 0 saturated heterocycles. The second-order valence-corrected chi connectivity index (χ2v) is 5.37. The minimum atomic E-state index is -0.787. The van der Waals surface area contributed by atoms with Crippen LogP contribution in [0.3, 0.4) is 0 Å². The van der Waals surface area contributed by atoms with E-state index >= 15 is 0 Å². The molecule has 0 heterocycles. The van der Waals surface area contributed by atoms with Crippen LogP contribution in [-0.4, -0.2) is 44.4 Å². The van der Waals surface area contributed by atoms with E-state index in [-0.39, 0.29) is 11.3 Å². The van der Waals surface area contributed by atoms with E-state index in [0.717, 1.165) is 11.3 Å². The van der Waals surface area contributed by atoms with Gasteiger partial charge in [-0.3, -0.25) is 4.79 Å². The number of methoxy groups -OCH3 is 2. The number of rotatable bonds is 8. The van der Waals surface area contributed by atoms with E-state index in [9.17, 15) is 14.7 Å². The Balaban J connectivity index is 1.79. The first-order chi connectivity index (χ1) is 12.5. The van der Waals surface area contributed by atoms with Gasteiger partial charge in [0.15, 0.2) is 6.61 Å². The van der Waals surface area contributed by atoms with Crippen molar-refractivity contribution in [3.05, 3.63) is 53.6 Å².